The van der Waals surface area contributed by atoms with Gasteiger partial charge in [-0.25, -0.2) is 0 Å². The summed E-state index contributed by atoms with van der Waals surface area (Å²) in [5.74, 6) is 0. The summed E-state index contributed by atoms with van der Waals surface area (Å²) >= 11 is 0. The first kappa shape index (κ1) is 18.3. The summed E-state index contributed by atoms with van der Waals surface area (Å²) in [6, 6.07) is 19.4. The molecule has 2 aromatic rings. The van der Waals surface area contributed by atoms with Gasteiger partial charge in [0.15, 0.2) is 0 Å². The fourth-order valence-corrected chi connectivity index (χ4v) is 2.68. The molecule has 2 heteroatoms. The van der Waals surface area contributed by atoms with Crippen LogP contribution >= 0.6 is 0 Å². The van der Waals surface area contributed by atoms with Crippen molar-refractivity contribution in [2.75, 3.05) is 32.1 Å². The summed E-state index contributed by atoms with van der Waals surface area (Å²) < 4.78 is 0. The van der Waals surface area contributed by atoms with Crippen molar-refractivity contribution in [2.45, 2.75) is 26.3 Å². The van der Waals surface area contributed by atoms with Crippen LogP contribution in [0, 0.1) is 0 Å². The molecule has 0 aliphatic heterocycles. The van der Waals surface area contributed by atoms with Crippen LogP contribution in [0.4, 0.5) is 5.69 Å². The lowest BCUT2D eigenvalue weighted by Crippen LogP contribution is -2.24. The van der Waals surface area contributed by atoms with E-state index in [0.29, 0.717) is 0 Å². The molecule has 0 bridgehead atoms. The second-order valence-electron chi connectivity index (χ2n) is 6.46. The van der Waals surface area contributed by atoms with Crippen molar-refractivity contribution >= 4 is 11.8 Å². The molecule has 0 aromatic heterocycles. The van der Waals surface area contributed by atoms with Crippen LogP contribution < -0.4 is 4.90 Å². The summed E-state index contributed by atoms with van der Waals surface area (Å²) in [5.41, 5.74) is 3.88. The lowest BCUT2D eigenvalue weighted by Gasteiger charge is -2.20. The Bertz CT molecular complexity index is 600. The van der Waals surface area contributed by atoms with Crippen molar-refractivity contribution in [2.24, 2.45) is 0 Å². The zero-order chi connectivity index (χ0) is 17.2. The molecule has 0 atom stereocenters. The standard InChI is InChI=1S/C22H30N2/c1-4-5-17-24(19-21-10-7-6-8-11-21)18-9-12-20-13-15-22(16-14-20)23(2)3/h6-16H,4-5,17-19H2,1-3H3/b12-9+. The van der Waals surface area contributed by atoms with Crippen LogP contribution in [0.3, 0.4) is 0 Å². The van der Waals surface area contributed by atoms with Gasteiger partial charge in [-0.2, -0.15) is 0 Å². The molecule has 0 fully saturated rings. The van der Waals surface area contributed by atoms with Crippen molar-refractivity contribution in [1.82, 2.24) is 4.90 Å². The Kier molecular flexibility index (Phi) is 7.57. The van der Waals surface area contributed by atoms with Gasteiger partial charge in [0.1, 0.15) is 0 Å². The van der Waals surface area contributed by atoms with E-state index in [4.69, 9.17) is 0 Å². The summed E-state index contributed by atoms with van der Waals surface area (Å²) in [6.07, 6.45) is 6.99. The Morgan fingerprint density at radius 1 is 0.917 bits per heavy atom. The SMILES string of the molecule is CCCCN(C/C=C/c1ccc(N(C)C)cc1)Cc1ccccc1. The number of hydrogen-bond donors (Lipinski definition) is 0. The van der Waals surface area contributed by atoms with Gasteiger partial charge < -0.3 is 4.90 Å². The average molecular weight is 322 g/mol. The third-order valence-corrected chi connectivity index (χ3v) is 4.16. The van der Waals surface area contributed by atoms with E-state index >= 15 is 0 Å². The molecule has 24 heavy (non-hydrogen) atoms. The average Bonchev–Trinajstić information content (AvgIpc) is 2.61. The van der Waals surface area contributed by atoms with Crippen molar-refractivity contribution in [3.8, 4) is 0 Å². The molecule has 0 unspecified atom stereocenters. The van der Waals surface area contributed by atoms with Gasteiger partial charge in [0, 0.05) is 32.9 Å². The Balaban J connectivity index is 1.93. The Hall–Kier alpha value is -2.06. The maximum absolute atomic E-state index is 2.52. The summed E-state index contributed by atoms with van der Waals surface area (Å²) in [7, 11) is 4.14. The Morgan fingerprint density at radius 3 is 2.25 bits per heavy atom. The first-order valence-corrected chi connectivity index (χ1v) is 8.89. The predicted octanol–water partition coefficient (Wildman–Crippen LogP) is 5.07. The Morgan fingerprint density at radius 2 is 1.62 bits per heavy atom. The third kappa shape index (κ3) is 6.21. The van der Waals surface area contributed by atoms with Gasteiger partial charge in [-0.3, -0.25) is 4.90 Å². The fourth-order valence-electron chi connectivity index (χ4n) is 2.68. The largest absolute Gasteiger partial charge is 0.378 e. The number of anilines is 1. The quantitative estimate of drug-likeness (QED) is 0.636. The zero-order valence-corrected chi connectivity index (χ0v) is 15.3. The van der Waals surface area contributed by atoms with Crippen molar-refractivity contribution < 1.29 is 0 Å². The minimum atomic E-state index is 0.990. The second kappa shape index (κ2) is 9.94. The van der Waals surface area contributed by atoms with E-state index in [1.807, 2.05) is 0 Å². The molecule has 0 radical (unpaired) electrons. The smallest absolute Gasteiger partial charge is 0.0361 e. The van der Waals surface area contributed by atoms with Gasteiger partial charge in [-0.05, 0) is 36.2 Å². The highest BCUT2D eigenvalue weighted by Crippen LogP contribution is 2.13. The molecule has 128 valence electrons. The van der Waals surface area contributed by atoms with Crippen LogP contribution in [0.25, 0.3) is 6.08 Å². The summed E-state index contributed by atoms with van der Waals surface area (Å²) in [6.45, 7) is 5.41. The molecule has 0 amide bonds. The monoisotopic (exact) mass is 322 g/mol. The summed E-state index contributed by atoms with van der Waals surface area (Å²) in [4.78, 5) is 4.64. The molecular weight excluding hydrogens is 292 g/mol. The lowest BCUT2D eigenvalue weighted by molar-refractivity contribution is 0.290. The van der Waals surface area contributed by atoms with Crippen LogP contribution in [0.2, 0.25) is 0 Å². The van der Waals surface area contributed by atoms with Gasteiger partial charge in [-0.1, -0.05) is 68.0 Å². The second-order valence-corrected chi connectivity index (χ2v) is 6.46. The van der Waals surface area contributed by atoms with E-state index in [1.165, 1.54) is 29.7 Å². The number of rotatable bonds is 9. The zero-order valence-electron chi connectivity index (χ0n) is 15.3. The predicted molar refractivity (Wildman–Crippen MR) is 106 cm³/mol. The van der Waals surface area contributed by atoms with E-state index in [0.717, 1.165) is 19.6 Å². The van der Waals surface area contributed by atoms with Crippen LogP contribution in [0.1, 0.15) is 30.9 Å². The van der Waals surface area contributed by atoms with Crippen LogP contribution in [-0.2, 0) is 6.54 Å². The summed E-state index contributed by atoms with van der Waals surface area (Å²) in [5, 5.41) is 0. The molecular formula is C22H30N2. The Labute approximate surface area is 147 Å². The third-order valence-electron chi connectivity index (χ3n) is 4.16. The molecule has 0 N–H and O–H groups in total. The molecule has 0 saturated heterocycles. The van der Waals surface area contributed by atoms with E-state index in [-0.39, 0.29) is 0 Å². The molecule has 0 spiro atoms. The van der Waals surface area contributed by atoms with Crippen molar-refractivity contribution in [3.05, 3.63) is 71.8 Å². The van der Waals surface area contributed by atoms with Crippen molar-refractivity contribution in [3.63, 3.8) is 0 Å². The highest BCUT2D eigenvalue weighted by Gasteiger charge is 2.03. The first-order valence-electron chi connectivity index (χ1n) is 8.89. The van der Waals surface area contributed by atoms with Gasteiger partial charge in [0.05, 0.1) is 0 Å². The maximum Gasteiger partial charge on any atom is 0.0361 e. The number of benzene rings is 2. The molecule has 0 saturated carbocycles. The van der Waals surface area contributed by atoms with Crippen LogP contribution in [0.5, 0.6) is 0 Å². The normalized spacial score (nSPS) is 11.3. The van der Waals surface area contributed by atoms with E-state index in [2.05, 4.69) is 97.6 Å². The van der Waals surface area contributed by atoms with Gasteiger partial charge in [-0.15, -0.1) is 0 Å². The maximum atomic E-state index is 2.52. The molecule has 0 aliphatic rings. The number of hydrogen-bond acceptors (Lipinski definition) is 2. The highest BCUT2D eigenvalue weighted by molar-refractivity contribution is 5.55. The number of unbranched alkanes of at least 4 members (excludes halogenated alkanes) is 1. The number of nitrogens with zero attached hydrogens (tertiary/aromatic N) is 2. The van der Waals surface area contributed by atoms with Gasteiger partial charge in [0.2, 0.25) is 0 Å². The van der Waals surface area contributed by atoms with E-state index < -0.39 is 0 Å². The van der Waals surface area contributed by atoms with Gasteiger partial charge in [0.25, 0.3) is 0 Å². The highest BCUT2D eigenvalue weighted by atomic mass is 15.1. The minimum absolute atomic E-state index is 0.990. The van der Waals surface area contributed by atoms with E-state index in [1.54, 1.807) is 0 Å². The van der Waals surface area contributed by atoms with E-state index in [9.17, 15) is 0 Å². The minimum Gasteiger partial charge on any atom is -0.378 e. The van der Waals surface area contributed by atoms with Crippen molar-refractivity contribution in [1.29, 1.82) is 0 Å². The first-order chi connectivity index (χ1) is 11.7. The molecule has 0 heterocycles. The fraction of sp³-hybridized carbons (Fsp3) is 0.364. The lowest BCUT2D eigenvalue weighted by atomic mass is 10.1. The molecule has 2 aromatic carbocycles. The van der Waals surface area contributed by atoms with Gasteiger partial charge >= 0.3 is 0 Å². The molecule has 2 rings (SSSR count). The molecule has 0 aliphatic carbocycles. The van der Waals surface area contributed by atoms with Crippen LogP contribution in [-0.4, -0.2) is 32.1 Å². The molecule has 2 nitrogen and oxygen atoms in total. The van der Waals surface area contributed by atoms with Crippen LogP contribution in [0.15, 0.2) is 60.7 Å². The topological polar surface area (TPSA) is 6.48 Å².